The van der Waals surface area contributed by atoms with Gasteiger partial charge in [0.1, 0.15) is 0 Å². The summed E-state index contributed by atoms with van der Waals surface area (Å²) >= 11 is 0. The highest BCUT2D eigenvalue weighted by Gasteiger charge is 1.88. The van der Waals surface area contributed by atoms with Crippen LogP contribution in [-0.4, -0.2) is 175 Å². The summed E-state index contributed by atoms with van der Waals surface area (Å²) in [5, 5.41) is 0. The summed E-state index contributed by atoms with van der Waals surface area (Å²) in [5.74, 6) is 0. The third-order valence-corrected chi connectivity index (χ3v) is 0. The second kappa shape index (κ2) is 32.1. The first kappa shape index (κ1) is 78.7. The van der Waals surface area contributed by atoms with Crippen LogP contribution < -0.4 is 6.15 Å². The van der Waals surface area contributed by atoms with Crippen molar-refractivity contribution in [1.82, 2.24) is 6.15 Å². The maximum atomic E-state index is 8.74. The molecule has 0 radical (unpaired) electrons. The molecular formula is H23NO40S10. The van der Waals surface area contributed by atoms with Crippen LogP contribution in [0.4, 0.5) is 0 Å². The van der Waals surface area contributed by atoms with Crippen molar-refractivity contribution in [1.29, 1.82) is 0 Å². The molecule has 0 aliphatic carbocycles. The predicted molar refractivity (Wildman–Crippen MR) is 147 cm³/mol. The van der Waals surface area contributed by atoms with Gasteiger partial charge in [0.25, 0.3) is 0 Å². The van der Waals surface area contributed by atoms with Crippen LogP contribution in [0.25, 0.3) is 0 Å². The smallest absolute Gasteiger partial charge is 0.344 e. The first-order chi connectivity index (χ1) is 20.0. The molecule has 0 fully saturated rings. The van der Waals surface area contributed by atoms with Gasteiger partial charge in [-0.1, -0.05) is 0 Å². The van der Waals surface area contributed by atoms with Crippen molar-refractivity contribution in [3.63, 3.8) is 0 Å². The molecule has 0 saturated carbocycles. The zero-order valence-corrected chi connectivity index (χ0v) is 30.1. The van der Waals surface area contributed by atoms with Gasteiger partial charge in [-0.2, -0.15) is 84.2 Å². The van der Waals surface area contributed by atoms with Gasteiger partial charge in [-0.05, 0) is 0 Å². The van der Waals surface area contributed by atoms with Gasteiger partial charge in [-0.15, -0.1) is 0 Å². The number of hydrogen-bond donors (Lipinski definition) is 21. The van der Waals surface area contributed by atoms with Gasteiger partial charge in [0.15, 0.2) is 0 Å². The van der Waals surface area contributed by atoms with Gasteiger partial charge in [-0.25, -0.2) is 0 Å². The Morgan fingerprint density at radius 3 is 0.137 bits per heavy atom. The average molecular weight is 998 g/mol. The first-order valence-corrected chi connectivity index (χ1v) is 21.0. The van der Waals surface area contributed by atoms with E-state index in [4.69, 9.17) is 175 Å². The summed E-state index contributed by atoms with van der Waals surface area (Å²) in [6, 6.07) is 0. The second-order valence-electron chi connectivity index (χ2n) is 4.48. The summed E-state index contributed by atoms with van der Waals surface area (Å²) in [6.07, 6.45) is 0. The standard InChI is InChI=1S/H3N.10H2O4S/c;10*1-5(2,3)4/h1H3;10*(H2,1,2,3,4). The Morgan fingerprint density at radius 1 is 0.137 bits per heavy atom. The van der Waals surface area contributed by atoms with Crippen molar-refractivity contribution in [3.8, 4) is 0 Å². The first-order valence-electron chi connectivity index (χ1n) is 6.98. The lowest BCUT2D eigenvalue weighted by atomic mass is 14.0. The zero-order chi connectivity index (χ0) is 45.0. The van der Waals surface area contributed by atoms with Gasteiger partial charge in [-0.3, -0.25) is 91.1 Å². The van der Waals surface area contributed by atoms with Crippen LogP contribution in [-0.2, 0) is 104 Å². The summed E-state index contributed by atoms with van der Waals surface area (Å²) in [7, 11) is -46.7. The Labute approximate surface area is 284 Å². The van der Waals surface area contributed by atoms with Crippen LogP contribution in [0.3, 0.4) is 0 Å². The van der Waals surface area contributed by atoms with Crippen LogP contribution in [0, 0.1) is 0 Å². The lowest BCUT2D eigenvalue weighted by molar-refractivity contribution is 0.378. The van der Waals surface area contributed by atoms with E-state index >= 15 is 0 Å². The van der Waals surface area contributed by atoms with E-state index in [0.29, 0.717) is 0 Å². The molecule has 23 N–H and O–H groups in total. The molecule has 0 unspecified atom stereocenters. The highest BCUT2D eigenvalue weighted by molar-refractivity contribution is 7.81. The van der Waals surface area contributed by atoms with Gasteiger partial charge in [0.2, 0.25) is 0 Å². The van der Waals surface area contributed by atoms with E-state index in [1.165, 1.54) is 0 Å². The quantitative estimate of drug-likeness (QED) is 0.100. The summed E-state index contributed by atoms with van der Waals surface area (Å²) in [6.45, 7) is 0. The Hall–Kier alpha value is -1.34. The maximum absolute atomic E-state index is 8.74. The summed E-state index contributed by atoms with van der Waals surface area (Å²) < 4.78 is 316. The SMILES string of the molecule is N.O=S(=O)(O)O.O=S(=O)(O)O.O=S(=O)(O)O.O=S(=O)(O)O.O=S(=O)(O)O.O=S(=O)(O)O.O=S(=O)(O)O.O=S(=O)(O)O.O=S(=O)(O)O.O=S(=O)(O)O. The van der Waals surface area contributed by atoms with Crippen LogP contribution in [0.5, 0.6) is 0 Å². The van der Waals surface area contributed by atoms with Crippen LogP contribution in [0.1, 0.15) is 0 Å². The summed E-state index contributed by atoms with van der Waals surface area (Å²) in [4.78, 5) is 0. The van der Waals surface area contributed by atoms with E-state index in [1.54, 1.807) is 0 Å². The highest BCUT2D eigenvalue weighted by atomic mass is 32.3. The average Bonchev–Trinajstić information content (AvgIpc) is 2.34. The molecule has 0 bridgehead atoms. The van der Waals surface area contributed by atoms with Crippen LogP contribution in [0.15, 0.2) is 0 Å². The molecule has 328 valence electrons. The van der Waals surface area contributed by atoms with Crippen molar-refractivity contribution in [3.05, 3.63) is 0 Å². The fourth-order valence-electron chi connectivity index (χ4n) is 0. The van der Waals surface area contributed by atoms with E-state index < -0.39 is 104 Å². The van der Waals surface area contributed by atoms with Gasteiger partial charge < -0.3 is 6.15 Å². The lowest BCUT2D eigenvalue weighted by Crippen LogP contribution is -1.89. The predicted octanol–water partition coefficient (Wildman–Crippen LogP) is -6.37. The summed E-state index contributed by atoms with van der Waals surface area (Å²) in [5.41, 5.74) is 0. The minimum atomic E-state index is -4.67. The molecule has 0 atom stereocenters. The van der Waals surface area contributed by atoms with Gasteiger partial charge >= 0.3 is 104 Å². The molecule has 51 heteroatoms. The Balaban J connectivity index is -0.0000000386. The zero-order valence-electron chi connectivity index (χ0n) is 21.9. The molecule has 0 amide bonds. The molecule has 0 aromatic carbocycles. The lowest BCUT2D eigenvalue weighted by Gasteiger charge is -1.68. The van der Waals surface area contributed by atoms with E-state index in [1.807, 2.05) is 0 Å². The minimum Gasteiger partial charge on any atom is -0.344 e. The fourth-order valence-corrected chi connectivity index (χ4v) is 0. The van der Waals surface area contributed by atoms with Crippen molar-refractivity contribution < 1.29 is 175 Å². The third-order valence-electron chi connectivity index (χ3n) is 0. The second-order valence-corrected chi connectivity index (χ2v) is 13.4. The third kappa shape index (κ3) is 59000. The fraction of sp³-hybridized carbons (Fsp3) is 0. The number of hydrogen-bond acceptors (Lipinski definition) is 21. The van der Waals surface area contributed by atoms with Crippen molar-refractivity contribution in [2.75, 3.05) is 0 Å². The maximum Gasteiger partial charge on any atom is 0.394 e. The number of rotatable bonds is 0. The van der Waals surface area contributed by atoms with Crippen molar-refractivity contribution >= 4 is 104 Å². The van der Waals surface area contributed by atoms with Crippen molar-refractivity contribution in [2.45, 2.75) is 0 Å². The molecule has 0 aliphatic heterocycles. The van der Waals surface area contributed by atoms with E-state index in [2.05, 4.69) is 0 Å². The normalized spacial score (nSPS) is 11.4. The molecule has 41 nitrogen and oxygen atoms in total. The molecule has 0 aromatic rings. The monoisotopic (exact) mass is 997 g/mol. The molecule has 0 heterocycles. The molecule has 51 heavy (non-hydrogen) atoms. The van der Waals surface area contributed by atoms with Crippen LogP contribution >= 0.6 is 0 Å². The Bertz CT molecular complexity index is 1370. The highest BCUT2D eigenvalue weighted by Crippen LogP contribution is 1.63. The minimum absolute atomic E-state index is 0. The largest absolute Gasteiger partial charge is 0.394 e. The van der Waals surface area contributed by atoms with E-state index in [-0.39, 0.29) is 6.15 Å². The van der Waals surface area contributed by atoms with Crippen molar-refractivity contribution in [2.24, 2.45) is 0 Å². The van der Waals surface area contributed by atoms with E-state index in [9.17, 15) is 0 Å². The van der Waals surface area contributed by atoms with Gasteiger partial charge in [0, 0.05) is 0 Å². The molecule has 0 aromatic heterocycles. The Morgan fingerprint density at radius 2 is 0.137 bits per heavy atom. The van der Waals surface area contributed by atoms with Gasteiger partial charge in [0.05, 0.1) is 0 Å². The topological polar surface area (TPSA) is 781 Å². The van der Waals surface area contributed by atoms with Crippen LogP contribution in [0.2, 0.25) is 0 Å². The molecule has 0 aliphatic rings. The van der Waals surface area contributed by atoms with E-state index in [0.717, 1.165) is 0 Å². The molecular weight excluding hydrogens is 975 g/mol. The molecule has 0 spiro atoms. The molecule has 0 saturated heterocycles. The Kier molecular flexibility index (Phi) is 49.6. The molecule has 0 rings (SSSR count).